The Labute approximate surface area is 115 Å². The molecule has 5 heteroatoms. The van der Waals surface area contributed by atoms with E-state index in [1.54, 1.807) is 13.1 Å². The molecular formula is C15H13N3O2. The number of nitrogens with zero attached hydrogens (tertiary/aromatic N) is 3. The van der Waals surface area contributed by atoms with Crippen LogP contribution >= 0.6 is 0 Å². The molecule has 100 valence electrons. The summed E-state index contributed by atoms with van der Waals surface area (Å²) in [4.78, 5) is 24.4. The molecule has 0 saturated carbocycles. The Morgan fingerprint density at radius 2 is 2.00 bits per heavy atom. The number of esters is 1. The van der Waals surface area contributed by atoms with Crippen LogP contribution in [0.1, 0.15) is 12.6 Å². The molecule has 2 aromatic heterocycles. The van der Waals surface area contributed by atoms with Gasteiger partial charge < -0.3 is 4.74 Å². The van der Waals surface area contributed by atoms with Crippen molar-refractivity contribution in [3.63, 3.8) is 0 Å². The lowest BCUT2D eigenvalue weighted by Crippen LogP contribution is -2.09. The van der Waals surface area contributed by atoms with Crippen molar-refractivity contribution >= 4 is 27.8 Å². The van der Waals surface area contributed by atoms with Crippen LogP contribution in [0.3, 0.4) is 0 Å². The molecule has 5 nitrogen and oxygen atoms in total. The van der Waals surface area contributed by atoms with Crippen LogP contribution in [0.2, 0.25) is 0 Å². The molecule has 0 bridgehead atoms. The van der Waals surface area contributed by atoms with E-state index in [1.807, 2.05) is 24.3 Å². The van der Waals surface area contributed by atoms with Crippen LogP contribution in [0.5, 0.6) is 0 Å². The van der Waals surface area contributed by atoms with Gasteiger partial charge in [-0.25, -0.2) is 15.0 Å². The monoisotopic (exact) mass is 267 g/mol. The Morgan fingerprint density at radius 1 is 1.20 bits per heavy atom. The summed E-state index contributed by atoms with van der Waals surface area (Å²) in [6.45, 7) is 2.16. The Morgan fingerprint density at radius 3 is 2.80 bits per heavy atom. The quantitative estimate of drug-likeness (QED) is 0.538. The van der Waals surface area contributed by atoms with E-state index in [0.717, 1.165) is 16.2 Å². The molecule has 0 spiro atoms. The van der Waals surface area contributed by atoms with Crippen LogP contribution in [-0.2, 0) is 16.0 Å². The predicted molar refractivity (Wildman–Crippen MR) is 75.2 cm³/mol. The number of carbonyl (C=O) groups is 1. The number of fused-ring (bicyclic) bond motifs is 3. The first-order valence-electron chi connectivity index (χ1n) is 6.42. The van der Waals surface area contributed by atoms with E-state index in [4.69, 9.17) is 4.74 Å². The number of aromatic nitrogens is 3. The average molecular weight is 267 g/mol. The van der Waals surface area contributed by atoms with Gasteiger partial charge in [0.25, 0.3) is 0 Å². The molecule has 0 atom stereocenters. The highest BCUT2D eigenvalue weighted by molar-refractivity contribution is 6.05. The fourth-order valence-corrected chi connectivity index (χ4v) is 2.24. The summed E-state index contributed by atoms with van der Waals surface area (Å²) in [6, 6.07) is 7.80. The van der Waals surface area contributed by atoms with E-state index in [0.29, 0.717) is 17.9 Å². The van der Waals surface area contributed by atoms with Crippen LogP contribution in [0.4, 0.5) is 0 Å². The second kappa shape index (κ2) is 5.21. The van der Waals surface area contributed by atoms with Gasteiger partial charge in [-0.2, -0.15) is 0 Å². The molecule has 0 amide bonds. The molecular weight excluding hydrogens is 254 g/mol. The minimum Gasteiger partial charge on any atom is -0.466 e. The third kappa shape index (κ3) is 2.18. The van der Waals surface area contributed by atoms with Gasteiger partial charge in [-0.1, -0.05) is 24.3 Å². The van der Waals surface area contributed by atoms with Crippen LogP contribution < -0.4 is 0 Å². The van der Waals surface area contributed by atoms with Crippen LogP contribution in [-0.4, -0.2) is 27.5 Å². The minimum atomic E-state index is -0.279. The topological polar surface area (TPSA) is 65.0 Å². The smallest absolute Gasteiger partial charge is 0.311 e. The van der Waals surface area contributed by atoms with Gasteiger partial charge in [-0.05, 0) is 12.3 Å². The van der Waals surface area contributed by atoms with E-state index >= 15 is 0 Å². The number of benzene rings is 1. The first kappa shape index (κ1) is 12.5. The lowest BCUT2D eigenvalue weighted by molar-refractivity contribution is -0.142. The average Bonchev–Trinajstić information content (AvgIpc) is 2.48. The van der Waals surface area contributed by atoms with Gasteiger partial charge in [0, 0.05) is 17.0 Å². The Kier molecular flexibility index (Phi) is 3.25. The molecule has 2 heterocycles. The molecule has 20 heavy (non-hydrogen) atoms. The fourth-order valence-electron chi connectivity index (χ4n) is 2.24. The number of hydrogen-bond donors (Lipinski definition) is 0. The van der Waals surface area contributed by atoms with Crippen LogP contribution in [0.15, 0.2) is 36.8 Å². The first-order valence-corrected chi connectivity index (χ1v) is 6.42. The maximum atomic E-state index is 11.7. The summed E-state index contributed by atoms with van der Waals surface area (Å²) in [7, 11) is 0. The van der Waals surface area contributed by atoms with Crippen molar-refractivity contribution < 1.29 is 9.53 Å². The molecule has 3 aromatic rings. The fraction of sp³-hybridized carbons (Fsp3) is 0.200. The van der Waals surface area contributed by atoms with E-state index in [9.17, 15) is 4.79 Å². The van der Waals surface area contributed by atoms with E-state index in [1.165, 1.54) is 6.33 Å². The second-order valence-corrected chi connectivity index (χ2v) is 4.35. The molecule has 0 radical (unpaired) electrons. The summed E-state index contributed by atoms with van der Waals surface area (Å²) in [6.07, 6.45) is 3.35. The van der Waals surface area contributed by atoms with Crippen LogP contribution in [0, 0.1) is 0 Å². The van der Waals surface area contributed by atoms with Gasteiger partial charge in [0.2, 0.25) is 0 Å². The molecule has 3 rings (SSSR count). The predicted octanol–water partition coefficient (Wildman–Crippen LogP) is 2.28. The summed E-state index contributed by atoms with van der Waals surface area (Å²) in [5, 5.41) is 2.82. The van der Waals surface area contributed by atoms with Gasteiger partial charge in [0.15, 0.2) is 5.65 Å². The second-order valence-electron chi connectivity index (χ2n) is 4.35. The largest absolute Gasteiger partial charge is 0.466 e. The molecule has 0 aliphatic carbocycles. The van der Waals surface area contributed by atoms with Crippen molar-refractivity contribution in [3.8, 4) is 0 Å². The van der Waals surface area contributed by atoms with Crippen molar-refractivity contribution in [3.05, 3.63) is 42.5 Å². The first-order chi connectivity index (χ1) is 9.79. The summed E-state index contributed by atoms with van der Waals surface area (Å²) in [5.41, 5.74) is 1.28. The zero-order chi connectivity index (χ0) is 13.9. The summed E-state index contributed by atoms with van der Waals surface area (Å²) < 4.78 is 5.00. The lowest BCUT2D eigenvalue weighted by atomic mass is 10.1. The maximum absolute atomic E-state index is 11.7. The van der Waals surface area contributed by atoms with Gasteiger partial charge in [0.05, 0.1) is 18.7 Å². The third-order valence-corrected chi connectivity index (χ3v) is 3.08. The molecule has 0 saturated heterocycles. The lowest BCUT2D eigenvalue weighted by Gasteiger charge is -2.08. The number of carbonyl (C=O) groups excluding carboxylic acids is 1. The standard InChI is InChI=1S/C15H13N3O2/c1-2-20-14(19)7-13-11-6-4-3-5-10(11)12-8-16-9-17-15(12)18-13/h3-6,8-9H,2,7H2,1H3. The van der Waals surface area contributed by atoms with Crippen molar-refractivity contribution in [2.75, 3.05) is 6.61 Å². The van der Waals surface area contributed by atoms with Gasteiger partial charge in [0.1, 0.15) is 6.33 Å². The van der Waals surface area contributed by atoms with Crippen molar-refractivity contribution in [1.29, 1.82) is 0 Å². The summed E-state index contributed by atoms with van der Waals surface area (Å²) >= 11 is 0. The minimum absolute atomic E-state index is 0.147. The normalized spacial score (nSPS) is 10.8. The van der Waals surface area contributed by atoms with Crippen molar-refractivity contribution in [2.45, 2.75) is 13.3 Å². The van der Waals surface area contributed by atoms with Gasteiger partial charge in [-0.15, -0.1) is 0 Å². The molecule has 0 N–H and O–H groups in total. The van der Waals surface area contributed by atoms with Gasteiger partial charge >= 0.3 is 5.97 Å². The number of hydrogen-bond acceptors (Lipinski definition) is 5. The number of ether oxygens (including phenoxy) is 1. The Hall–Kier alpha value is -2.56. The Balaban J connectivity index is 2.21. The SMILES string of the molecule is CCOC(=O)Cc1nc2ncncc2c2ccccc12. The highest BCUT2D eigenvalue weighted by Gasteiger charge is 2.12. The van der Waals surface area contributed by atoms with E-state index in [-0.39, 0.29) is 12.4 Å². The van der Waals surface area contributed by atoms with Gasteiger partial charge in [-0.3, -0.25) is 4.79 Å². The third-order valence-electron chi connectivity index (χ3n) is 3.08. The van der Waals surface area contributed by atoms with Crippen LogP contribution in [0.25, 0.3) is 21.8 Å². The zero-order valence-corrected chi connectivity index (χ0v) is 11.0. The highest BCUT2D eigenvalue weighted by Crippen LogP contribution is 2.24. The highest BCUT2D eigenvalue weighted by atomic mass is 16.5. The van der Waals surface area contributed by atoms with E-state index < -0.39 is 0 Å². The van der Waals surface area contributed by atoms with Crippen molar-refractivity contribution in [2.24, 2.45) is 0 Å². The summed E-state index contributed by atoms with van der Waals surface area (Å²) in [5.74, 6) is -0.279. The maximum Gasteiger partial charge on any atom is 0.311 e. The number of pyridine rings is 1. The van der Waals surface area contributed by atoms with E-state index in [2.05, 4.69) is 15.0 Å². The van der Waals surface area contributed by atoms with Crippen molar-refractivity contribution in [1.82, 2.24) is 15.0 Å². The molecule has 0 aliphatic heterocycles. The molecule has 0 unspecified atom stereocenters. The number of rotatable bonds is 3. The molecule has 0 aliphatic rings. The Bertz CT molecular complexity index is 786. The molecule has 0 fully saturated rings. The molecule has 1 aromatic carbocycles. The zero-order valence-electron chi connectivity index (χ0n) is 11.0.